The molecule has 2 rings (SSSR count). The van der Waals surface area contributed by atoms with Gasteiger partial charge in [0.25, 0.3) is 0 Å². The summed E-state index contributed by atoms with van der Waals surface area (Å²) in [5, 5.41) is 3.00. The van der Waals surface area contributed by atoms with Crippen molar-refractivity contribution in [3.8, 4) is 0 Å². The average Bonchev–Trinajstić information content (AvgIpc) is 2.46. The fraction of sp³-hybridized carbons (Fsp3) is 0.706. The molecule has 0 radical (unpaired) electrons. The molecule has 0 aliphatic carbocycles. The second kappa shape index (κ2) is 9.11. The van der Waals surface area contributed by atoms with E-state index < -0.39 is 0 Å². The molecule has 5 nitrogen and oxygen atoms in total. The van der Waals surface area contributed by atoms with Crippen molar-refractivity contribution in [3.05, 3.63) is 17.5 Å². The molecular formula is C17H28N4OS. The number of aryl methyl sites for hydroxylation is 1. The van der Waals surface area contributed by atoms with Gasteiger partial charge in [0.1, 0.15) is 0 Å². The van der Waals surface area contributed by atoms with Crippen LogP contribution in [0, 0.1) is 6.92 Å². The van der Waals surface area contributed by atoms with Crippen molar-refractivity contribution >= 4 is 23.6 Å². The minimum atomic E-state index is -0.0592. The molecule has 1 fully saturated rings. The third kappa shape index (κ3) is 5.37. The zero-order valence-corrected chi connectivity index (χ0v) is 15.3. The second-order valence-electron chi connectivity index (χ2n) is 6.19. The number of hydrogen-bond acceptors (Lipinski definition) is 5. The molecule has 1 amide bonds. The molecule has 1 aliphatic heterocycles. The molecule has 1 atom stereocenters. The first-order chi connectivity index (χ1) is 11.1. The molecule has 6 heteroatoms. The van der Waals surface area contributed by atoms with E-state index in [9.17, 15) is 4.79 Å². The standard InChI is InChI=1S/C17H28N4OS/c1-13(19-16(22)12-23-3)15-11-18-17(20-14(15)2)21-9-7-5-4-6-8-10-21/h11,13H,4-10,12H2,1-3H3,(H,19,22)/t13-/m1/s1. The highest BCUT2D eigenvalue weighted by molar-refractivity contribution is 7.99. The first kappa shape index (κ1) is 18.0. The van der Waals surface area contributed by atoms with Crippen molar-refractivity contribution in [1.29, 1.82) is 0 Å². The molecular weight excluding hydrogens is 308 g/mol. The van der Waals surface area contributed by atoms with E-state index in [4.69, 9.17) is 4.98 Å². The Morgan fingerprint density at radius 1 is 1.30 bits per heavy atom. The molecule has 2 heterocycles. The molecule has 128 valence electrons. The molecule has 0 bridgehead atoms. The molecule has 0 spiro atoms. The maximum atomic E-state index is 11.7. The third-order valence-corrected chi connectivity index (χ3v) is 4.81. The number of carbonyl (C=O) groups excluding carboxylic acids is 1. The van der Waals surface area contributed by atoms with Crippen LogP contribution in [0.4, 0.5) is 5.95 Å². The van der Waals surface area contributed by atoms with Crippen LogP contribution in [0.15, 0.2) is 6.20 Å². The highest BCUT2D eigenvalue weighted by Gasteiger charge is 2.16. The van der Waals surface area contributed by atoms with Crippen LogP contribution in [0.2, 0.25) is 0 Å². The number of nitrogens with zero attached hydrogens (tertiary/aromatic N) is 3. The quantitative estimate of drug-likeness (QED) is 0.895. The van der Waals surface area contributed by atoms with Gasteiger partial charge in [-0.3, -0.25) is 4.79 Å². The van der Waals surface area contributed by atoms with Crippen LogP contribution in [0.1, 0.15) is 56.3 Å². The van der Waals surface area contributed by atoms with Gasteiger partial charge >= 0.3 is 0 Å². The smallest absolute Gasteiger partial charge is 0.230 e. The van der Waals surface area contributed by atoms with E-state index in [-0.39, 0.29) is 11.9 Å². The number of anilines is 1. The lowest BCUT2D eigenvalue weighted by Gasteiger charge is -2.25. The highest BCUT2D eigenvalue weighted by Crippen LogP contribution is 2.20. The van der Waals surface area contributed by atoms with Gasteiger partial charge < -0.3 is 10.2 Å². The van der Waals surface area contributed by atoms with Crippen molar-refractivity contribution in [2.45, 2.75) is 52.0 Å². The van der Waals surface area contributed by atoms with Crippen LogP contribution in [-0.2, 0) is 4.79 Å². The minimum absolute atomic E-state index is 0.0530. The normalized spacial score (nSPS) is 17.3. The van der Waals surface area contributed by atoms with Crippen LogP contribution >= 0.6 is 11.8 Å². The summed E-state index contributed by atoms with van der Waals surface area (Å²) < 4.78 is 0. The van der Waals surface area contributed by atoms with Crippen LogP contribution in [0.3, 0.4) is 0 Å². The topological polar surface area (TPSA) is 58.1 Å². The van der Waals surface area contributed by atoms with Gasteiger partial charge in [-0.2, -0.15) is 11.8 Å². The van der Waals surface area contributed by atoms with Gasteiger partial charge in [-0.25, -0.2) is 9.97 Å². The zero-order chi connectivity index (χ0) is 16.7. The summed E-state index contributed by atoms with van der Waals surface area (Å²) in [5.41, 5.74) is 1.95. The number of hydrogen-bond donors (Lipinski definition) is 1. The van der Waals surface area contributed by atoms with Gasteiger partial charge in [0.2, 0.25) is 11.9 Å². The van der Waals surface area contributed by atoms with Crippen LogP contribution in [0.5, 0.6) is 0 Å². The summed E-state index contributed by atoms with van der Waals surface area (Å²) in [5.74, 6) is 1.36. The number of rotatable bonds is 5. The summed E-state index contributed by atoms with van der Waals surface area (Å²) in [4.78, 5) is 23.3. The maximum absolute atomic E-state index is 11.7. The summed E-state index contributed by atoms with van der Waals surface area (Å²) in [7, 11) is 0. The van der Waals surface area contributed by atoms with Crippen LogP contribution in [0.25, 0.3) is 0 Å². The van der Waals surface area contributed by atoms with E-state index in [1.165, 1.54) is 43.9 Å². The number of carbonyl (C=O) groups is 1. The van der Waals surface area contributed by atoms with Gasteiger partial charge in [0.15, 0.2) is 0 Å². The molecule has 1 N–H and O–H groups in total. The van der Waals surface area contributed by atoms with E-state index in [0.29, 0.717) is 5.75 Å². The molecule has 0 saturated carbocycles. The minimum Gasteiger partial charge on any atom is -0.349 e. The summed E-state index contributed by atoms with van der Waals surface area (Å²) in [6, 6.07) is -0.0592. The van der Waals surface area contributed by atoms with Crippen molar-refractivity contribution < 1.29 is 4.79 Å². The molecule has 1 saturated heterocycles. The molecule has 1 aromatic heterocycles. The number of amides is 1. The Balaban J connectivity index is 2.05. The molecule has 0 unspecified atom stereocenters. The Bertz CT molecular complexity index is 515. The molecule has 23 heavy (non-hydrogen) atoms. The lowest BCUT2D eigenvalue weighted by Crippen LogP contribution is -2.31. The lowest BCUT2D eigenvalue weighted by atomic mass is 10.1. The predicted molar refractivity (Wildman–Crippen MR) is 97.0 cm³/mol. The Labute approximate surface area is 143 Å². The van der Waals surface area contributed by atoms with Crippen molar-refractivity contribution in [3.63, 3.8) is 0 Å². The van der Waals surface area contributed by atoms with E-state index in [2.05, 4.69) is 15.2 Å². The van der Waals surface area contributed by atoms with Crippen LogP contribution < -0.4 is 10.2 Å². The summed E-state index contributed by atoms with van der Waals surface area (Å²) in [6.45, 7) is 6.07. The first-order valence-electron chi connectivity index (χ1n) is 8.48. The fourth-order valence-corrected chi connectivity index (χ4v) is 3.33. The van der Waals surface area contributed by atoms with Crippen LogP contribution in [-0.4, -0.2) is 41.0 Å². The van der Waals surface area contributed by atoms with Gasteiger partial charge in [0.05, 0.1) is 11.8 Å². The fourth-order valence-electron chi connectivity index (χ4n) is 2.98. The monoisotopic (exact) mass is 336 g/mol. The summed E-state index contributed by atoms with van der Waals surface area (Å²) >= 11 is 1.53. The van der Waals surface area contributed by atoms with Gasteiger partial charge in [-0.05, 0) is 32.9 Å². The molecule has 1 aliphatic rings. The van der Waals surface area contributed by atoms with E-state index in [1.54, 1.807) is 0 Å². The van der Waals surface area contributed by atoms with Crippen molar-refractivity contribution in [2.75, 3.05) is 30.0 Å². The SMILES string of the molecule is CSCC(=O)N[C@H](C)c1cnc(N2CCCCCCC2)nc1C. The number of nitrogens with one attached hydrogen (secondary N) is 1. The van der Waals surface area contributed by atoms with Crippen molar-refractivity contribution in [1.82, 2.24) is 15.3 Å². The zero-order valence-electron chi connectivity index (χ0n) is 14.5. The number of aromatic nitrogens is 2. The third-order valence-electron chi connectivity index (χ3n) is 4.26. The maximum Gasteiger partial charge on any atom is 0.230 e. The number of thioether (sulfide) groups is 1. The average molecular weight is 337 g/mol. The lowest BCUT2D eigenvalue weighted by molar-refractivity contribution is -0.119. The Morgan fingerprint density at radius 2 is 1.96 bits per heavy atom. The van der Waals surface area contributed by atoms with E-state index in [0.717, 1.165) is 30.3 Å². The Hall–Kier alpha value is -1.30. The molecule has 1 aromatic rings. The first-order valence-corrected chi connectivity index (χ1v) is 9.88. The van der Waals surface area contributed by atoms with Crippen molar-refractivity contribution in [2.24, 2.45) is 0 Å². The van der Waals surface area contributed by atoms with Gasteiger partial charge in [-0.1, -0.05) is 19.3 Å². The highest BCUT2D eigenvalue weighted by atomic mass is 32.2. The second-order valence-corrected chi connectivity index (χ2v) is 7.05. The van der Waals surface area contributed by atoms with Gasteiger partial charge in [0, 0.05) is 30.5 Å². The van der Waals surface area contributed by atoms with E-state index >= 15 is 0 Å². The Morgan fingerprint density at radius 3 is 2.57 bits per heavy atom. The summed E-state index contributed by atoms with van der Waals surface area (Å²) in [6.07, 6.45) is 10.2. The largest absolute Gasteiger partial charge is 0.349 e. The Kier molecular flexibility index (Phi) is 7.15. The van der Waals surface area contributed by atoms with E-state index in [1.807, 2.05) is 26.3 Å². The molecule has 0 aromatic carbocycles. The van der Waals surface area contributed by atoms with Gasteiger partial charge in [-0.15, -0.1) is 0 Å². The predicted octanol–water partition coefficient (Wildman–Crippen LogP) is 3.10.